The molecule has 0 unspecified atom stereocenters. The molecule has 6 nitrogen and oxygen atoms in total. The van der Waals surface area contributed by atoms with E-state index < -0.39 is 10.0 Å². The Morgan fingerprint density at radius 1 is 1.35 bits per heavy atom. The lowest BCUT2D eigenvalue weighted by atomic mass is 9.92. The Morgan fingerprint density at radius 2 is 2.04 bits per heavy atom. The van der Waals surface area contributed by atoms with Crippen molar-refractivity contribution >= 4 is 15.8 Å². The van der Waals surface area contributed by atoms with Gasteiger partial charge in [-0.05, 0) is 25.2 Å². The van der Waals surface area contributed by atoms with E-state index in [4.69, 9.17) is 0 Å². The highest BCUT2D eigenvalue weighted by molar-refractivity contribution is 7.88. The highest BCUT2D eigenvalue weighted by atomic mass is 32.2. The lowest BCUT2D eigenvalue weighted by Crippen LogP contribution is -2.41. The van der Waals surface area contributed by atoms with Crippen LogP contribution < -0.4 is 9.62 Å². The minimum absolute atomic E-state index is 0.0742. The van der Waals surface area contributed by atoms with Crippen LogP contribution in [0.15, 0.2) is 6.07 Å². The summed E-state index contributed by atoms with van der Waals surface area (Å²) in [6, 6.07) is 1.96. The quantitative estimate of drug-likeness (QED) is 0.854. The van der Waals surface area contributed by atoms with Gasteiger partial charge in [0.1, 0.15) is 11.6 Å². The molecule has 1 N–H and O–H groups in total. The maximum absolute atomic E-state index is 11.6. The van der Waals surface area contributed by atoms with Gasteiger partial charge in [-0.3, -0.25) is 0 Å². The first kappa shape index (κ1) is 18.1. The van der Waals surface area contributed by atoms with E-state index >= 15 is 0 Å². The van der Waals surface area contributed by atoms with Crippen LogP contribution in [-0.4, -0.2) is 43.8 Å². The Balaban J connectivity index is 2.24. The molecule has 1 aliphatic rings. The Bertz CT molecular complexity index is 645. The van der Waals surface area contributed by atoms with E-state index in [9.17, 15) is 8.42 Å². The van der Waals surface area contributed by atoms with Gasteiger partial charge in [-0.15, -0.1) is 0 Å². The molecule has 0 spiro atoms. The number of nitrogens with zero attached hydrogens (tertiary/aromatic N) is 3. The first-order chi connectivity index (χ1) is 10.7. The van der Waals surface area contributed by atoms with Gasteiger partial charge in [0.15, 0.2) is 0 Å². The number of aryl methyl sites for hydroxylation is 2. The highest BCUT2D eigenvalue weighted by Crippen LogP contribution is 2.28. The van der Waals surface area contributed by atoms with Crippen LogP contribution in [-0.2, 0) is 16.4 Å². The smallest absolute Gasteiger partial charge is 0.209 e. The molecule has 1 aromatic rings. The summed E-state index contributed by atoms with van der Waals surface area (Å²) in [5.41, 5.74) is 1.05. The van der Waals surface area contributed by atoms with Crippen LogP contribution >= 0.6 is 0 Å². The molecule has 23 heavy (non-hydrogen) atoms. The monoisotopic (exact) mass is 340 g/mol. The predicted octanol–water partition coefficient (Wildman–Crippen LogP) is 1.75. The first-order valence-electron chi connectivity index (χ1n) is 8.26. The topological polar surface area (TPSA) is 75.2 Å². The zero-order valence-electron chi connectivity index (χ0n) is 14.7. The van der Waals surface area contributed by atoms with Gasteiger partial charge in [0.2, 0.25) is 10.0 Å². The minimum Gasteiger partial charge on any atom is -0.355 e. The molecule has 0 amide bonds. The largest absolute Gasteiger partial charge is 0.355 e. The van der Waals surface area contributed by atoms with Gasteiger partial charge in [0.05, 0.1) is 6.26 Å². The average Bonchev–Trinajstić information content (AvgIpc) is 2.80. The molecular weight excluding hydrogens is 312 g/mol. The van der Waals surface area contributed by atoms with Crippen molar-refractivity contribution in [2.24, 2.45) is 11.8 Å². The zero-order chi connectivity index (χ0) is 17.2. The summed E-state index contributed by atoms with van der Waals surface area (Å²) in [4.78, 5) is 11.2. The molecule has 1 saturated heterocycles. The van der Waals surface area contributed by atoms with Crippen molar-refractivity contribution in [3.8, 4) is 0 Å². The number of hydrogen-bond donors (Lipinski definition) is 1. The van der Waals surface area contributed by atoms with Crippen molar-refractivity contribution in [2.45, 2.75) is 46.6 Å². The summed E-state index contributed by atoms with van der Waals surface area (Å²) < 4.78 is 26.1. The van der Waals surface area contributed by atoms with Crippen molar-refractivity contribution in [1.82, 2.24) is 14.7 Å². The van der Waals surface area contributed by atoms with E-state index in [1.54, 1.807) is 0 Å². The highest BCUT2D eigenvalue weighted by Gasteiger charge is 2.36. The molecule has 0 aromatic carbocycles. The lowest BCUT2D eigenvalue weighted by molar-refractivity contribution is 0.365. The van der Waals surface area contributed by atoms with Gasteiger partial charge in [0.25, 0.3) is 0 Å². The molecule has 0 radical (unpaired) electrons. The third kappa shape index (κ3) is 4.88. The molecule has 2 atom stereocenters. The average molecular weight is 340 g/mol. The SMILES string of the molecule is CCCc1cc(N2C[C@@H](NS(C)(=O)=O)[C@H](C(C)C)C2)nc(C)n1. The predicted molar refractivity (Wildman–Crippen MR) is 93.1 cm³/mol. The van der Waals surface area contributed by atoms with Gasteiger partial charge >= 0.3 is 0 Å². The molecule has 0 saturated carbocycles. The van der Waals surface area contributed by atoms with E-state index in [-0.39, 0.29) is 12.0 Å². The Kier molecular flexibility index (Phi) is 5.62. The molecule has 1 aliphatic heterocycles. The maximum Gasteiger partial charge on any atom is 0.209 e. The normalized spacial score (nSPS) is 22.1. The fraction of sp³-hybridized carbons (Fsp3) is 0.750. The maximum atomic E-state index is 11.6. The number of aromatic nitrogens is 2. The van der Waals surface area contributed by atoms with E-state index in [1.165, 1.54) is 6.26 Å². The lowest BCUT2D eigenvalue weighted by Gasteiger charge is -2.21. The number of anilines is 1. The third-order valence-electron chi connectivity index (χ3n) is 4.29. The fourth-order valence-corrected chi connectivity index (χ4v) is 4.05. The summed E-state index contributed by atoms with van der Waals surface area (Å²) in [7, 11) is -3.21. The molecule has 2 heterocycles. The van der Waals surface area contributed by atoms with E-state index in [1.807, 2.05) is 13.0 Å². The number of sulfonamides is 1. The summed E-state index contributed by atoms with van der Waals surface area (Å²) >= 11 is 0. The number of nitrogens with one attached hydrogen (secondary N) is 1. The zero-order valence-corrected chi connectivity index (χ0v) is 15.5. The standard InChI is InChI=1S/C16H28N4O2S/c1-6-7-13-8-16(18-12(4)17-13)20-9-14(11(2)3)15(10-20)19-23(5,21)22/h8,11,14-15,19H,6-7,9-10H2,1-5H3/t14-,15+/m0/s1. The van der Waals surface area contributed by atoms with Crippen molar-refractivity contribution < 1.29 is 8.42 Å². The molecule has 2 rings (SSSR count). The van der Waals surface area contributed by atoms with Crippen LogP contribution in [0.3, 0.4) is 0 Å². The summed E-state index contributed by atoms with van der Waals surface area (Å²) in [5, 5.41) is 0. The summed E-state index contributed by atoms with van der Waals surface area (Å²) in [6.45, 7) is 9.78. The van der Waals surface area contributed by atoms with Crippen LogP contribution in [0.2, 0.25) is 0 Å². The van der Waals surface area contributed by atoms with E-state index in [0.29, 0.717) is 12.5 Å². The van der Waals surface area contributed by atoms with E-state index in [2.05, 4.69) is 40.4 Å². The molecule has 0 bridgehead atoms. The third-order valence-corrected chi connectivity index (χ3v) is 5.03. The molecule has 7 heteroatoms. The fourth-order valence-electron chi connectivity index (χ4n) is 3.25. The molecule has 1 aromatic heterocycles. The van der Waals surface area contributed by atoms with E-state index in [0.717, 1.165) is 36.7 Å². The van der Waals surface area contributed by atoms with Crippen molar-refractivity contribution in [3.63, 3.8) is 0 Å². The summed E-state index contributed by atoms with van der Waals surface area (Å²) in [6.07, 6.45) is 3.20. The second kappa shape index (κ2) is 7.13. The second-order valence-electron chi connectivity index (χ2n) is 6.82. The van der Waals surface area contributed by atoms with Crippen LogP contribution in [0.4, 0.5) is 5.82 Å². The molecule has 130 valence electrons. The van der Waals surface area contributed by atoms with Gasteiger partial charge in [0, 0.05) is 30.9 Å². The first-order valence-corrected chi connectivity index (χ1v) is 10.2. The van der Waals surface area contributed by atoms with Gasteiger partial charge in [-0.25, -0.2) is 23.1 Å². The molecule has 0 aliphatic carbocycles. The van der Waals surface area contributed by atoms with Gasteiger partial charge in [-0.2, -0.15) is 0 Å². The molecular formula is C16H28N4O2S. The van der Waals surface area contributed by atoms with Crippen LogP contribution in [0.1, 0.15) is 38.7 Å². The number of hydrogen-bond acceptors (Lipinski definition) is 5. The van der Waals surface area contributed by atoms with Crippen molar-refractivity contribution in [1.29, 1.82) is 0 Å². The van der Waals surface area contributed by atoms with Crippen molar-refractivity contribution in [3.05, 3.63) is 17.6 Å². The van der Waals surface area contributed by atoms with Crippen LogP contribution in [0.25, 0.3) is 0 Å². The van der Waals surface area contributed by atoms with Gasteiger partial charge in [-0.1, -0.05) is 27.2 Å². The Labute approximate surface area is 139 Å². The van der Waals surface area contributed by atoms with Gasteiger partial charge < -0.3 is 4.90 Å². The van der Waals surface area contributed by atoms with Crippen LogP contribution in [0, 0.1) is 18.8 Å². The Morgan fingerprint density at radius 3 is 2.61 bits per heavy atom. The van der Waals surface area contributed by atoms with Crippen molar-refractivity contribution in [2.75, 3.05) is 24.2 Å². The number of rotatable bonds is 6. The molecule has 1 fully saturated rings. The Hall–Kier alpha value is -1.21. The minimum atomic E-state index is -3.21. The second-order valence-corrected chi connectivity index (χ2v) is 8.60. The summed E-state index contributed by atoms with van der Waals surface area (Å²) in [5.74, 6) is 2.35. The van der Waals surface area contributed by atoms with Crippen LogP contribution in [0.5, 0.6) is 0 Å².